The molecule has 0 aromatic carbocycles. The number of nitrogens with one attached hydrogen (secondary N) is 1. The summed E-state index contributed by atoms with van der Waals surface area (Å²) >= 11 is 0. The van der Waals surface area contributed by atoms with E-state index in [1.165, 1.54) is 141 Å². The standard InChI is InChI=1S/C66H119N2O7P/c1-7-10-13-16-19-22-25-28-30-32-33-34-35-37-38-40-43-46-49-52-55-58-65(69)67-63(62-74-76(71,72)73-61-60-68(4,5)6)64(57-54-51-48-45-42-27-24-21-18-15-12-9-3)75-66(70)59-56-53-50-47-44-41-39-36-31-29-26-23-20-17-14-11-8-2/h10,13,19,22,28,30,33-34,37-38,43,46,54,57,63-64H,7-9,11-12,14-18,20-21,23-27,29,31-32,35-36,39-42,44-45,47-53,55-56,58-62H2,1-6H3,(H-,67,69,71,72)/b13-10-,22-19-,30-28-,34-33-,38-37-,46-43-,57-54+. The maximum atomic E-state index is 13.5. The molecule has 3 unspecified atom stereocenters. The number of hydrogen-bond donors (Lipinski definition) is 1. The van der Waals surface area contributed by atoms with Gasteiger partial charge in [0.2, 0.25) is 5.91 Å². The Kier molecular flexibility index (Phi) is 53.5. The van der Waals surface area contributed by atoms with Crippen molar-refractivity contribution in [1.29, 1.82) is 0 Å². The van der Waals surface area contributed by atoms with E-state index >= 15 is 0 Å². The monoisotopic (exact) mass is 1080 g/mol. The Labute approximate surface area is 469 Å². The Morgan fingerprint density at radius 3 is 1.28 bits per heavy atom. The van der Waals surface area contributed by atoms with E-state index in [1.54, 1.807) is 0 Å². The number of carbonyl (C=O) groups excluding carboxylic acids is 2. The van der Waals surface area contributed by atoms with Gasteiger partial charge in [0.15, 0.2) is 0 Å². The van der Waals surface area contributed by atoms with Gasteiger partial charge in [0.25, 0.3) is 7.82 Å². The third-order valence-electron chi connectivity index (χ3n) is 13.6. The van der Waals surface area contributed by atoms with Crippen molar-refractivity contribution in [3.05, 3.63) is 85.1 Å². The molecule has 9 nitrogen and oxygen atoms in total. The fourth-order valence-corrected chi connectivity index (χ4v) is 9.48. The Balaban J connectivity index is 5.32. The van der Waals surface area contributed by atoms with Gasteiger partial charge in [-0.05, 0) is 83.1 Å². The van der Waals surface area contributed by atoms with E-state index in [4.69, 9.17) is 13.8 Å². The molecule has 10 heteroatoms. The number of likely N-dealkylation sites (N-methyl/N-ethyl adjacent to an activating group) is 1. The lowest BCUT2D eigenvalue weighted by atomic mass is 10.0. The average molecular weight is 1080 g/mol. The normalized spacial score (nSPS) is 14.2. The van der Waals surface area contributed by atoms with Crippen LogP contribution in [0.25, 0.3) is 0 Å². The highest BCUT2D eigenvalue weighted by Crippen LogP contribution is 2.38. The summed E-state index contributed by atoms with van der Waals surface area (Å²) in [7, 11) is 1.15. The predicted molar refractivity (Wildman–Crippen MR) is 325 cm³/mol. The van der Waals surface area contributed by atoms with E-state index in [-0.39, 0.29) is 31.3 Å². The van der Waals surface area contributed by atoms with Gasteiger partial charge in [-0.25, -0.2) is 0 Å². The van der Waals surface area contributed by atoms with Gasteiger partial charge in [0.05, 0.1) is 33.8 Å². The number of rotatable bonds is 56. The number of carbonyl (C=O) groups is 2. The molecule has 0 saturated carbocycles. The van der Waals surface area contributed by atoms with E-state index in [9.17, 15) is 19.0 Å². The van der Waals surface area contributed by atoms with Gasteiger partial charge < -0.3 is 28.5 Å². The first kappa shape index (κ1) is 73.2. The average Bonchev–Trinajstić information content (AvgIpc) is 3.38. The fraction of sp³-hybridized carbons (Fsp3) is 0.758. The minimum Gasteiger partial charge on any atom is -0.756 e. The molecular weight excluding hydrogens is 964 g/mol. The first-order valence-corrected chi connectivity index (χ1v) is 32.9. The lowest BCUT2D eigenvalue weighted by Gasteiger charge is -2.30. The molecule has 0 fully saturated rings. The molecule has 440 valence electrons. The molecular formula is C66H119N2O7P. The van der Waals surface area contributed by atoms with Gasteiger partial charge in [-0.3, -0.25) is 14.2 Å². The van der Waals surface area contributed by atoms with Gasteiger partial charge in [0.1, 0.15) is 19.3 Å². The number of phosphoric acid groups is 1. The van der Waals surface area contributed by atoms with E-state index in [2.05, 4.69) is 99.0 Å². The largest absolute Gasteiger partial charge is 0.756 e. The smallest absolute Gasteiger partial charge is 0.306 e. The van der Waals surface area contributed by atoms with E-state index in [0.29, 0.717) is 17.4 Å². The van der Waals surface area contributed by atoms with Crippen LogP contribution < -0.4 is 10.2 Å². The molecule has 0 aliphatic heterocycles. The number of unbranched alkanes of at least 4 members (excludes halogenated alkanes) is 28. The number of esters is 1. The fourth-order valence-electron chi connectivity index (χ4n) is 8.76. The lowest BCUT2D eigenvalue weighted by Crippen LogP contribution is -2.47. The topological polar surface area (TPSA) is 114 Å². The Morgan fingerprint density at radius 2 is 0.842 bits per heavy atom. The third-order valence-corrected chi connectivity index (χ3v) is 14.6. The van der Waals surface area contributed by atoms with Crippen molar-refractivity contribution in [3.63, 3.8) is 0 Å². The molecule has 0 rings (SSSR count). The molecule has 0 aromatic rings. The van der Waals surface area contributed by atoms with Crippen LogP contribution in [0.5, 0.6) is 0 Å². The van der Waals surface area contributed by atoms with E-state index in [1.807, 2.05) is 33.3 Å². The first-order chi connectivity index (χ1) is 36.9. The summed E-state index contributed by atoms with van der Waals surface area (Å²) in [5.74, 6) is -0.588. The second-order valence-corrected chi connectivity index (χ2v) is 23.6. The third kappa shape index (κ3) is 55.9. The van der Waals surface area contributed by atoms with Gasteiger partial charge in [-0.2, -0.15) is 0 Å². The zero-order chi connectivity index (χ0) is 55.7. The van der Waals surface area contributed by atoms with Crippen molar-refractivity contribution in [2.75, 3.05) is 40.9 Å². The van der Waals surface area contributed by atoms with Gasteiger partial charge in [-0.1, -0.05) is 260 Å². The second-order valence-electron chi connectivity index (χ2n) is 22.2. The minimum atomic E-state index is -4.71. The maximum absolute atomic E-state index is 13.5. The SMILES string of the molecule is CC/C=C\C/C=C\C/C=C\C/C=C\C/C=C\C/C=C\CCCCC(=O)NC(COP(=O)([O-])OCC[N+](C)(C)C)C(/C=C/CCCCCCCCCCCC)OC(=O)CCCCCCCCCCCCCCCCCCC. The maximum Gasteiger partial charge on any atom is 0.306 e. The summed E-state index contributed by atoms with van der Waals surface area (Å²) < 4.78 is 30.3. The summed E-state index contributed by atoms with van der Waals surface area (Å²) in [6, 6.07) is -0.913. The Morgan fingerprint density at radius 1 is 0.474 bits per heavy atom. The number of allylic oxidation sites excluding steroid dienone is 13. The zero-order valence-corrected chi connectivity index (χ0v) is 51.1. The van der Waals surface area contributed by atoms with Crippen LogP contribution in [0.3, 0.4) is 0 Å². The number of nitrogens with zero attached hydrogens (tertiary/aromatic N) is 1. The summed E-state index contributed by atoms with van der Waals surface area (Å²) in [6.45, 7) is 6.70. The highest BCUT2D eigenvalue weighted by atomic mass is 31.2. The van der Waals surface area contributed by atoms with Crippen molar-refractivity contribution in [2.45, 2.75) is 283 Å². The Bertz CT molecular complexity index is 1580. The molecule has 0 heterocycles. The van der Waals surface area contributed by atoms with Crippen LogP contribution >= 0.6 is 7.82 Å². The van der Waals surface area contributed by atoms with E-state index < -0.39 is 26.6 Å². The number of amides is 1. The number of quaternary nitrogens is 1. The van der Waals surface area contributed by atoms with Gasteiger partial charge >= 0.3 is 5.97 Å². The van der Waals surface area contributed by atoms with Crippen LogP contribution in [-0.2, 0) is 27.9 Å². The summed E-state index contributed by atoms with van der Waals surface area (Å²) in [4.78, 5) is 40.0. The predicted octanol–water partition coefficient (Wildman–Crippen LogP) is 18.8. The molecule has 0 radical (unpaired) electrons. The minimum absolute atomic E-state index is 0.0331. The van der Waals surface area contributed by atoms with Crippen molar-refractivity contribution < 1.29 is 37.3 Å². The molecule has 0 aliphatic carbocycles. The molecule has 0 bridgehead atoms. The Hall–Kier alpha value is -2.81. The molecule has 76 heavy (non-hydrogen) atoms. The van der Waals surface area contributed by atoms with Crippen LogP contribution in [0, 0.1) is 0 Å². The van der Waals surface area contributed by atoms with Crippen molar-refractivity contribution in [1.82, 2.24) is 5.32 Å². The number of hydrogen-bond acceptors (Lipinski definition) is 7. The van der Waals surface area contributed by atoms with Crippen LogP contribution in [0.15, 0.2) is 85.1 Å². The lowest BCUT2D eigenvalue weighted by molar-refractivity contribution is -0.870. The quantitative estimate of drug-likeness (QED) is 0.0212. The van der Waals surface area contributed by atoms with Crippen LogP contribution in [0.4, 0.5) is 0 Å². The molecule has 1 amide bonds. The second kappa shape index (κ2) is 55.5. The molecule has 0 spiro atoms. The first-order valence-electron chi connectivity index (χ1n) is 31.4. The summed E-state index contributed by atoms with van der Waals surface area (Å²) in [5.41, 5.74) is 0. The molecule has 0 aliphatic rings. The molecule has 0 saturated heterocycles. The molecule has 3 atom stereocenters. The van der Waals surface area contributed by atoms with Crippen molar-refractivity contribution >= 4 is 19.7 Å². The molecule has 0 aromatic heterocycles. The highest BCUT2D eigenvalue weighted by molar-refractivity contribution is 7.45. The number of ether oxygens (including phenoxy) is 1. The zero-order valence-electron chi connectivity index (χ0n) is 50.2. The molecule has 1 N–H and O–H groups in total. The summed E-state index contributed by atoms with van der Waals surface area (Å²) in [5, 5.41) is 3.00. The van der Waals surface area contributed by atoms with Crippen molar-refractivity contribution in [3.8, 4) is 0 Å². The van der Waals surface area contributed by atoms with Crippen LogP contribution in [0.1, 0.15) is 271 Å². The van der Waals surface area contributed by atoms with E-state index in [0.717, 1.165) is 89.9 Å². The van der Waals surface area contributed by atoms with Crippen LogP contribution in [-0.4, -0.2) is 69.4 Å². The number of phosphoric ester groups is 1. The van der Waals surface area contributed by atoms with Crippen molar-refractivity contribution in [2.24, 2.45) is 0 Å². The van der Waals surface area contributed by atoms with Gasteiger partial charge in [-0.15, -0.1) is 0 Å². The van der Waals surface area contributed by atoms with Gasteiger partial charge in [0, 0.05) is 12.8 Å². The highest BCUT2D eigenvalue weighted by Gasteiger charge is 2.27. The summed E-state index contributed by atoms with van der Waals surface area (Å²) in [6.07, 6.45) is 72.7. The van der Waals surface area contributed by atoms with Crippen LogP contribution in [0.2, 0.25) is 0 Å².